The molecule has 0 bridgehead atoms. The van der Waals surface area contributed by atoms with Crippen molar-refractivity contribution in [3.05, 3.63) is 16.7 Å². The maximum Gasteiger partial charge on any atom is 0.269 e. The van der Waals surface area contributed by atoms with Crippen LogP contribution in [0, 0.1) is 0 Å². The van der Waals surface area contributed by atoms with Crippen LogP contribution in [-0.4, -0.2) is 24.0 Å². The van der Waals surface area contributed by atoms with E-state index in [4.69, 9.17) is 4.74 Å². The van der Waals surface area contributed by atoms with E-state index >= 15 is 0 Å². The van der Waals surface area contributed by atoms with E-state index in [9.17, 15) is 4.79 Å². The highest BCUT2D eigenvalue weighted by atomic mass is 79.9. The molecule has 1 amide bonds. The molecular formula is C10H11BrN2O2. The lowest BCUT2D eigenvalue weighted by Gasteiger charge is -2.30. The monoisotopic (exact) mass is 270 g/mol. The molecule has 80 valence electrons. The van der Waals surface area contributed by atoms with Gasteiger partial charge >= 0.3 is 0 Å². The summed E-state index contributed by atoms with van der Waals surface area (Å²) in [5.74, 6) is 1.19. The van der Waals surface area contributed by atoms with Crippen LogP contribution in [0.25, 0.3) is 0 Å². The lowest BCUT2D eigenvalue weighted by molar-refractivity contribution is -0.126. The maximum atomic E-state index is 11.8. The van der Waals surface area contributed by atoms with Crippen molar-refractivity contribution in [2.24, 2.45) is 0 Å². The number of halogens is 1. The molecule has 0 fully saturated rings. The smallest absolute Gasteiger partial charge is 0.269 e. The number of anilines is 1. The third-order valence-corrected chi connectivity index (χ3v) is 2.80. The van der Waals surface area contributed by atoms with Gasteiger partial charge in [-0.1, -0.05) is 6.92 Å². The van der Waals surface area contributed by atoms with Gasteiger partial charge in [0.05, 0.1) is 0 Å². The van der Waals surface area contributed by atoms with Crippen molar-refractivity contribution in [3.63, 3.8) is 0 Å². The van der Waals surface area contributed by atoms with Crippen LogP contribution >= 0.6 is 15.9 Å². The molecule has 0 N–H and O–H groups in total. The van der Waals surface area contributed by atoms with Gasteiger partial charge in [-0.3, -0.25) is 9.69 Å². The van der Waals surface area contributed by atoms with Gasteiger partial charge in [0.25, 0.3) is 5.91 Å². The van der Waals surface area contributed by atoms with Crippen LogP contribution in [0.5, 0.6) is 5.75 Å². The van der Waals surface area contributed by atoms with Gasteiger partial charge in [0.1, 0.15) is 0 Å². The number of ether oxygens (including phenoxy) is 1. The Balaban J connectivity index is 2.45. The zero-order valence-corrected chi connectivity index (χ0v) is 10.1. The first-order valence-electron chi connectivity index (χ1n) is 4.73. The second-order valence-electron chi connectivity index (χ2n) is 3.39. The Morgan fingerprint density at radius 3 is 3.07 bits per heavy atom. The van der Waals surface area contributed by atoms with E-state index in [1.165, 1.54) is 0 Å². The lowest BCUT2D eigenvalue weighted by Crippen LogP contribution is -2.43. The maximum absolute atomic E-state index is 11.8. The summed E-state index contributed by atoms with van der Waals surface area (Å²) in [7, 11) is 1.72. The van der Waals surface area contributed by atoms with Crippen LogP contribution in [-0.2, 0) is 4.79 Å². The summed E-state index contributed by atoms with van der Waals surface area (Å²) in [4.78, 5) is 17.4. The molecule has 2 rings (SSSR count). The molecule has 0 saturated heterocycles. The first-order chi connectivity index (χ1) is 7.13. The minimum absolute atomic E-state index is 0.0418. The molecule has 0 spiro atoms. The van der Waals surface area contributed by atoms with Gasteiger partial charge in [-0.25, -0.2) is 4.98 Å². The Morgan fingerprint density at radius 2 is 2.40 bits per heavy atom. The number of hydrogen-bond donors (Lipinski definition) is 0. The highest BCUT2D eigenvalue weighted by Crippen LogP contribution is 2.33. The van der Waals surface area contributed by atoms with Gasteiger partial charge in [0, 0.05) is 17.7 Å². The van der Waals surface area contributed by atoms with Gasteiger partial charge in [-0.05, 0) is 28.4 Å². The molecule has 0 aliphatic carbocycles. The molecular weight excluding hydrogens is 260 g/mol. The van der Waals surface area contributed by atoms with Crippen LogP contribution in [0.2, 0.25) is 0 Å². The van der Waals surface area contributed by atoms with Crippen LogP contribution in [0.4, 0.5) is 5.82 Å². The average Bonchev–Trinajstić information content (AvgIpc) is 2.23. The average molecular weight is 271 g/mol. The van der Waals surface area contributed by atoms with E-state index < -0.39 is 6.10 Å². The SMILES string of the molecule is CCC1Oc2cc(Br)cnc2N(C)C1=O. The Kier molecular flexibility index (Phi) is 2.65. The van der Waals surface area contributed by atoms with E-state index in [1.807, 2.05) is 13.0 Å². The van der Waals surface area contributed by atoms with Crippen molar-refractivity contribution in [1.82, 2.24) is 4.98 Å². The number of pyridine rings is 1. The Bertz CT molecular complexity index is 408. The highest BCUT2D eigenvalue weighted by molar-refractivity contribution is 9.10. The molecule has 1 aromatic heterocycles. The number of amides is 1. The van der Waals surface area contributed by atoms with Gasteiger partial charge in [-0.15, -0.1) is 0 Å². The molecule has 5 heteroatoms. The molecule has 4 nitrogen and oxygen atoms in total. The van der Waals surface area contributed by atoms with Crippen molar-refractivity contribution in [2.75, 3.05) is 11.9 Å². The molecule has 2 heterocycles. The summed E-state index contributed by atoms with van der Waals surface area (Å²) in [6.07, 6.45) is 1.92. The topological polar surface area (TPSA) is 42.4 Å². The van der Waals surface area contributed by atoms with Crippen LogP contribution in [0.15, 0.2) is 16.7 Å². The number of aromatic nitrogens is 1. The van der Waals surface area contributed by atoms with Gasteiger partial charge in [0.2, 0.25) is 0 Å². The lowest BCUT2D eigenvalue weighted by atomic mass is 10.2. The van der Waals surface area contributed by atoms with Gasteiger partial charge < -0.3 is 4.74 Å². The molecule has 1 unspecified atom stereocenters. The van der Waals surface area contributed by atoms with Crippen molar-refractivity contribution >= 4 is 27.7 Å². The molecule has 1 aromatic rings. The summed E-state index contributed by atoms with van der Waals surface area (Å²) in [6.45, 7) is 1.92. The zero-order chi connectivity index (χ0) is 11.0. The predicted octanol–water partition coefficient (Wildman–Crippen LogP) is 1.98. The first kappa shape index (κ1) is 10.4. The summed E-state index contributed by atoms with van der Waals surface area (Å²) in [5.41, 5.74) is 0. The second kappa shape index (κ2) is 3.81. The second-order valence-corrected chi connectivity index (χ2v) is 4.30. The standard InChI is InChI=1S/C10H11BrN2O2/c1-3-7-10(14)13(2)9-8(15-7)4-6(11)5-12-9/h4-5,7H,3H2,1-2H3. The van der Waals surface area contributed by atoms with E-state index in [0.717, 1.165) is 4.47 Å². The molecule has 1 aliphatic rings. The van der Waals surface area contributed by atoms with Crippen LogP contribution in [0.3, 0.4) is 0 Å². The predicted molar refractivity (Wildman–Crippen MR) is 60.1 cm³/mol. The number of carbonyl (C=O) groups is 1. The van der Waals surface area contributed by atoms with Gasteiger partial charge in [-0.2, -0.15) is 0 Å². The largest absolute Gasteiger partial charge is 0.477 e. The molecule has 0 radical (unpaired) electrons. The van der Waals surface area contributed by atoms with E-state index in [-0.39, 0.29) is 5.91 Å². The fraction of sp³-hybridized carbons (Fsp3) is 0.400. The number of rotatable bonds is 1. The molecule has 1 atom stereocenters. The number of fused-ring (bicyclic) bond motifs is 1. The fourth-order valence-corrected chi connectivity index (χ4v) is 1.84. The molecule has 1 aliphatic heterocycles. The number of nitrogens with zero attached hydrogens (tertiary/aromatic N) is 2. The molecule has 0 aromatic carbocycles. The van der Waals surface area contributed by atoms with Crippen molar-refractivity contribution in [1.29, 1.82) is 0 Å². The molecule has 0 saturated carbocycles. The zero-order valence-electron chi connectivity index (χ0n) is 8.53. The van der Waals surface area contributed by atoms with Crippen molar-refractivity contribution in [2.45, 2.75) is 19.4 Å². The van der Waals surface area contributed by atoms with Crippen LogP contribution < -0.4 is 9.64 Å². The minimum Gasteiger partial charge on any atom is -0.477 e. The third-order valence-electron chi connectivity index (χ3n) is 2.36. The van der Waals surface area contributed by atoms with E-state index in [0.29, 0.717) is 18.0 Å². The minimum atomic E-state index is -0.390. The van der Waals surface area contributed by atoms with Gasteiger partial charge in [0.15, 0.2) is 17.7 Å². The van der Waals surface area contributed by atoms with Crippen molar-refractivity contribution in [3.8, 4) is 5.75 Å². The summed E-state index contributed by atoms with van der Waals surface area (Å²) < 4.78 is 6.41. The normalized spacial score (nSPS) is 19.8. The van der Waals surface area contributed by atoms with Crippen LogP contribution in [0.1, 0.15) is 13.3 Å². The summed E-state index contributed by atoms with van der Waals surface area (Å²) in [6, 6.07) is 1.83. The quantitative estimate of drug-likeness (QED) is 0.784. The number of hydrogen-bond acceptors (Lipinski definition) is 3. The number of carbonyl (C=O) groups excluding carboxylic acids is 1. The highest BCUT2D eigenvalue weighted by Gasteiger charge is 2.31. The molecule has 15 heavy (non-hydrogen) atoms. The first-order valence-corrected chi connectivity index (χ1v) is 5.52. The summed E-state index contributed by atoms with van der Waals surface area (Å²) in [5, 5.41) is 0. The third kappa shape index (κ3) is 1.71. The Morgan fingerprint density at radius 1 is 1.67 bits per heavy atom. The van der Waals surface area contributed by atoms with E-state index in [2.05, 4.69) is 20.9 Å². The summed E-state index contributed by atoms with van der Waals surface area (Å²) >= 11 is 3.32. The number of likely N-dealkylation sites (N-methyl/N-ethyl adjacent to an activating group) is 1. The Labute approximate surface area is 96.4 Å². The Hall–Kier alpha value is -1.10. The van der Waals surface area contributed by atoms with Crippen molar-refractivity contribution < 1.29 is 9.53 Å². The fourth-order valence-electron chi connectivity index (χ4n) is 1.53. The van der Waals surface area contributed by atoms with E-state index in [1.54, 1.807) is 18.1 Å².